The number of nitrogens with one attached hydrogen (secondary N) is 1. The lowest BCUT2D eigenvalue weighted by atomic mass is 10.2. The molecule has 0 saturated carbocycles. The molecule has 23 heavy (non-hydrogen) atoms. The predicted octanol–water partition coefficient (Wildman–Crippen LogP) is 0.611. The van der Waals surface area contributed by atoms with Crippen molar-refractivity contribution in [1.82, 2.24) is 29.7 Å². The van der Waals surface area contributed by atoms with Gasteiger partial charge in [-0.3, -0.25) is 9.69 Å². The minimum Gasteiger partial charge on any atom is -0.337 e. The van der Waals surface area contributed by atoms with Crippen molar-refractivity contribution in [2.75, 3.05) is 39.3 Å². The molecule has 4 heterocycles. The van der Waals surface area contributed by atoms with Gasteiger partial charge in [0.25, 0.3) is 5.91 Å². The second kappa shape index (κ2) is 6.18. The van der Waals surface area contributed by atoms with Gasteiger partial charge in [0.05, 0.1) is 10.7 Å². The third-order valence-electron chi connectivity index (χ3n) is 4.67. The normalized spacial score (nSPS) is 22.8. The molecule has 1 amide bonds. The van der Waals surface area contributed by atoms with Gasteiger partial charge in [-0.05, 0) is 22.4 Å². The van der Waals surface area contributed by atoms with Gasteiger partial charge < -0.3 is 10.2 Å². The molecular weight excluding hydrogens is 360 g/mol. The van der Waals surface area contributed by atoms with Crippen molar-refractivity contribution < 1.29 is 4.79 Å². The number of fused-ring (bicyclic) bond motifs is 1. The Morgan fingerprint density at radius 2 is 2.09 bits per heavy atom. The van der Waals surface area contributed by atoms with Crippen molar-refractivity contribution in [3.63, 3.8) is 0 Å². The number of nitrogens with zero attached hydrogens (tertiary/aromatic N) is 5. The fraction of sp³-hybridized carbons (Fsp3) is 0.533. The van der Waals surface area contributed by atoms with Crippen LogP contribution in [0.15, 0.2) is 23.1 Å². The van der Waals surface area contributed by atoms with Gasteiger partial charge in [0.2, 0.25) is 0 Å². The number of aromatic nitrogens is 3. The molecule has 1 unspecified atom stereocenters. The lowest BCUT2D eigenvalue weighted by Gasteiger charge is -2.32. The summed E-state index contributed by atoms with van der Waals surface area (Å²) < 4.78 is 2.48. The molecule has 2 saturated heterocycles. The van der Waals surface area contributed by atoms with Crippen LogP contribution in [0.25, 0.3) is 5.65 Å². The molecule has 2 aliphatic rings. The molecule has 0 spiro atoms. The van der Waals surface area contributed by atoms with Crippen LogP contribution in [0.1, 0.15) is 16.8 Å². The second-order valence-corrected chi connectivity index (χ2v) is 6.99. The van der Waals surface area contributed by atoms with E-state index in [1.54, 1.807) is 16.9 Å². The highest BCUT2D eigenvalue weighted by Gasteiger charge is 2.32. The number of hydrogen-bond donors (Lipinski definition) is 1. The summed E-state index contributed by atoms with van der Waals surface area (Å²) in [7, 11) is 0. The van der Waals surface area contributed by atoms with E-state index in [2.05, 4.69) is 36.2 Å². The molecule has 4 rings (SSSR count). The molecule has 1 atom stereocenters. The van der Waals surface area contributed by atoms with Crippen LogP contribution < -0.4 is 5.32 Å². The summed E-state index contributed by atoms with van der Waals surface area (Å²) in [6.45, 7) is 5.82. The summed E-state index contributed by atoms with van der Waals surface area (Å²) in [6, 6.07) is 0.477. The topological polar surface area (TPSA) is 65.8 Å². The number of carbonyl (C=O) groups is 1. The first kappa shape index (κ1) is 15.0. The first-order valence-corrected chi connectivity index (χ1v) is 8.74. The number of rotatable bonds is 2. The van der Waals surface area contributed by atoms with Crippen LogP contribution in [0.3, 0.4) is 0 Å². The summed E-state index contributed by atoms with van der Waals surface area (Å²) in [4.78, 5) is 21.6. The number of amides is 1. The number of likely N-dealkylation sites (tertiary alicyclic amines) is 1. The Labute approximate surface area is 142 Å². The monoisotopic (exact) mass is 378 g/mol. The van der Waals surface area contributed by atoms with E-state index < -0.39 is 0 Å². The van der Waals surface area contributed by atoms with E-state index in [9.17, 15) is 4.79 Å². The highest BCUT2D eigenvalue weighted by Crippen LogP contribution is 2.20. The zero-order chi connectivity index (χ0) is 15.8. The van der Waals surface area contributed by atoms with Gasteiger partial charge in [-0.2, -0.15) is 5.10 Å². The number of piperazine rings is 1. The summed E-state index contributed by atoms with van der Waals surface area (Å²) in [5.74, 6) is 0.0347. The number of halogens is 1. The molecule has 0 aromatic carbocycles. The van der Waals surface area contributed by atoms with Gasteiger partial charge in [-0.25, -0.2) is 9.50 Å². The third kappa shape index (κ3) is 2.86. The maximum Gasteiger partial charge on any atom is 0.259 e. The van der Waals surface area contributed by atoms with Gasteiger partial charge in [0.1, 0.15) is 5.56 Å². The fourth-order valence-corrected chi connectivity index (χ4v) is 3.74. The van der Waals surface area contributed by atoms with Crippen molar-refractivity contribution in [2.24, 2.45) is 0 Å². The minimum absolute atomic E-state index is 0.0347. The summed E-state index contributed by atoms with van der Waals surface area (Å²) in [6.07, 6.45) is 6.17. The summed E-state index contributed by atoms with van der Waals surface area (Å²) >= 11 is 3.37. The molecule has 8 heteroatoms. The zero-order valence-corrected chi connectivity index (χ0v) is 14.4. The predicted molar refractivity (Wildman–Crippen MR) is 89.4 cm³/mol. The molecule has 1 N–H and O–H groups in total. The van der Waals surface area contributed by atoms with E-state index in [-0.39, 0.29) is 5.91 Å². The van der Waals surface area contributed by atoms with Crippen LogP contribution >= 0.6 is 15.9 Å². The Bertz CT molecular complexity index is 726. The SMILES string of the molecule is O=C(c1cnn2cc(Br)cnc12)N1CCC(N2CCNCC2)C1. The lowest BCUT2D eigenvalue weighted by Crippen LogP contribution is -2.49. The Hall–Kier alpha value is -1.51. The van der Waals surface area contributed by atoms with Crippen LogP contribution in [-0.4, -0.2) is 75.6 Å². The van der Waals surface area contributed by atoms with E-state index in [0.717, 1.165) is 50.2 Å². The summed E-state index contributed by atoms with van der Waals surface area (Å²) in [5.41, 5.74) is 1.20. The first-order valence-electron chi connectivity index (χ1n) is 7.95. The second-order valence-electron chi connectivity index (χ2n) is 6.08. The van der Waals surface area contributed by atoms with Crippen molar-refractivity contribution in [3.05, 3.63) is 28.6 Å². The van der Waals surface area contributed by atoms with Crippen LogP contribution in [0.2, 0.25) is 0 Å². The first-order chi connectivity index (χ1) is 11.2. The van der Waals surface area contributed by atoms with E-state index in [1.165, 1.54) is 0 Å². The molecular formula is C15H19BrN6O. The van der Waals surface area contributed by atoms with E-state index in [0.29, 0.717) is 17.3 Å². The fourth-order valence-electron chi connectivity index (χ4n) is 3.44. The average molecular weight is 379 g/mol. The van der Waals surface area contributed by atoms with E-state index in [1.807, 2.05) is 11.1 Å². The van der Waals surface area contributed by atoms with E-state index >= 15 is 0 Å². The standard InChI is InChI=1S/C15H19BrN6O/c16-11-7-18-14-13(8-19-22(14)9-11)15(23)21-4-1-12(10-21)20-5-2-17-3-6-20/h7-9,12,17H,1-6,10H2. The molecule has 0 bridgehead atoms. The molecule has 0 aliphatic carbocycles. The molecule has 0 radical (unpaired) electrons. The number of carbonyl (C=O) groups excluding carboxylic acids is 1. The van der Waals surface area contributed by atoms with E-state index in [4.69, 9.17) is 0 Å². The third-order valence-corrected chi connectivity index (χ3v) is 5.08. The molecule has 2 aromatic rings. The summed E-state index contributed by atoms with van der Waals surface area (Å²) in [5, 5.41) is 7.61. The maximum absolute atomic E-state index is 12.8. The maximum atomic E-state index is 12.8. The average Bonchev–Trinajstić information content (AvgIpc) is 3.22. The molecule has 122 valence electrons. The highest BCUT2D eigenvalue weighted by molar-refractivity contribution is 9.10. The van der Waals surface area contributed by atoms with Crippen LogP contribution in [0, 0.1) is 0 Å². The Kier molecular flexibility index (Phi) is 4.04. The smallest absolute Gasteiger partial charge is 0.259 e. The lowest BCUT2D eigenvalue weighted by molar-refractivity contribution is 0.0775. The van der Waals surface area contributed by atoms with Crippen molar-refractivity contribution >= 4 is 27.5 Å². The molecule has 2 fully saturated rings. The Morgan fingerprint density at radius 1 is 1.26 bits per heavy atom. The van der Waals surface area contributed by atoms with Gasteiger partial charge in [0.15, 0.2) is 5.65 Å². The minimum atomic E-state index is 0.0347. The van der Waals surface area contributed by atoms with Crippen molar-refractivity contribution in [1.29, 1.82) is 0 Å². The van der Waals surface area contributed by atoms with Crippen LogP contribution in [0.5, 0.6) is 0 Å². The van der Waals surface area contributed by atoms with Crippen LogP contribution in [-0.2, 0) is 0 Å². The quantitative estimate of drug-likeness (QED) is 0.829. The zero-order valence-electron chi connectivity index (χ0n) is 12.8. The largest absolute Gasteiger partial charge is 0.337 e. The Morgan fingerprint density at radius 3 is 2.91 bits per heavy atom. The van der Waals surface area contributed by atoms with Gasteiger partial charge in [-0.15, -0.1) is 0 Å². The number of hydrogen-bond acceptors (Lipinski definition) is 5. The Balaban J connectivity index is 1.50. The molecule has 7 nitrogen and oxygen atoms in total. The van der Waals surface area contributed by atoms with Gasteiger partial charge in [0, 0.05) is 57.7 Å². The molecule has 2 aromatic heterocycles. The van der Waals surface area contributed by atoms with Gasteiger partial charge >= 0.3 is 0 Å². The molecule has 2 aliphatic heterocycles. The van der Waals surface area contributed by atoms with Gasteiger partial charge in [-0.1, -0.05) is 0 Å². The van der Waals surface area contributed by atoms with Crippen molar-refractivity contribution in [2.45, 2.75) is 12.5 Å². The van der Waals surface area contributed by atoms with Crippen LogP contribution in [0.4, 0.5) is 0 Å². The highest BCUT2D eigenvalue weighted by atomic mass is 79.9. The van der Waals surface area contributed by atoms with Crippen molar-refractivity contribution in [3.8, 4) is 0 Å².